The molecule has 17 heavy (non-hydrogen) atoms. The van der Waals surface area contributed by atoms with E-state index in [1.165, 1.54) is 12.4 Å². The van der Waals surface area contributed by atoms with Crippen LogP contribution in [0.5, 0.6) is 0 Å². The second-order valence-electron chi connectivity index (χ2n) is 3.76. The average molecular weight is 229 g/mol. The summed E-state index contributed by atoms with van der Waals surface area (Å²) < 4.78 is 13.3. The molecule has 2 aromatic rings. The first-order valence-corrected chi connectivity index (χ1v) is 5.44. The van der Waals surface area contributed by atoms with Gasteiger partial charge in [0.25, 0.3) is 0 Å². The summed E-state index contributed by atoms with van der Waals surface area (Å²) in [6.07, 6.45) is 3.42. The van der Waals surface area contributed by atoms with Crippen molar-refractivity contribution in [2.24, 2.45) is 0 Å². The normalized spacial score (nSPS) is 10.2. The average Bonchev–Trinajstić information content (AvgIpc) is 2.38. The lowest BCUT2D eigenvalue weighted by atomic mass is 10.0. The summed E-state index contributed by atoms with van der Waals surface area (Å²) in [6, 6.07) is 10.6. The van der Waals surface area contributed by atoms with Gasteiger partial charge in [0.15, 0.2) is 5.78 Å². The fraction of sp³-hybridized carbons (Fsp3) is 0.143. The maximum Gasteiger partial charge on any atom is 0.163 e. The summed E-state index contributed by atoms with van der Waals surface area (Å²) in [6.45, 7) is 0. The van der Waals surface area contributed by atoms with E-state index in [9.17, 15) is 9.18 Å². The number of hydrogen-bond donors (Lipinski definition) is 0. The van der Waals surface area contributed by atoms with E-state index < -0.39 is 0 Å². The lowest BCUT2D eigenvalue weighted by molar-refractivity contribution is 0.0982. The molecule has 0 atom stereocenters. The molecule has 0 spiro atoms. The van der Waals surface area contributed by atoms with Gasteiger partial charge in [-0.25, -0.2) is 4.39 Å². The van der Waals surface area contributed by atoms with Crippen LogP contribution in [0.4, 0.5) is 4.39 Å². The maximum absolute atomic E-state index is 13.3. The van der Waals surface area contributed by atoms with Gasteiger partial charge in [-0.2, -0.15) is 0 Å². The van der Waals surface area contributed by atoms with Crippen LogP contribution in [0.15, 0.2) is 48.8 Å². The van der Waals surface area contributed by atoms with E-state index in [-0.39, 0.29) is 11.6 Å². The van der Waals surface area contributed by atoms with Crippen molar-refractivity contribution in [3.8, 4) is 0 Å². The van der Waals surface area contributed by atoms with Crippen molar-refractivity contribution < 1.29 is 9.18 Å². The molecule has 0 aliphatic carbocycles. The molecule has 3 heteroatoms. The smallest absolute Gasteiger partial charge is 0.163 e. The van der Waals surface area contributed by atoms with Gasteiger partial charge in [-0.3, -0.25) is 9.78 Å². The zero-order valence-corrected chi connectivity index (χ0v) is 9.27. The molecule has 0 fully saturated rings. The van der Waals surface area contributed by atoms with Crippen molar-refractivity contribution in [2.45, 2.75) is 12.8 Å². The van der Waals surface area contributed by atoms with Gasteiger partial charge in [-0.05, 0) is 18.1 Å². The third-order valence-corrected chi connectivity index (χ3v) is 2.57. The van der Waals surface area contributed by atoms with Crippen LogP contribution in [0, 0.1) is 5.82 Å². The lowest BCUT2D eigenvalue weighted by Gasteiger charge is -2.02. The minimum Gasteiger partial charge on any atom is -0.294 e. The SMILES string of the molecule is O=C(CCc1ccncc1F)c1ccccc1. The fourth-order valence-corrected chi connectivity index (χ4v) is 1.62. The zero-order valence-electron chi connectivity index (χ0n) is 9.27. The zero-order chi connectivity index (χ0) is 12.1. The number of halogens is 1. The molecule has 0 aliphatic heterocycles. The Balaban J connectivity index is 2.00. The molecule has 2 rings (SSSR count). The summed E-state index contributed by atoms with van der Waals surface area (Å²) in [5.41, 5.74) is 1.20. The molecule has 0 radical (unpaired) electrons. The van der Waals surface area contributed by atoms with Crippen LogP contribution in [-0.2, 0) is 6.42 Å². The van der Waals surface area contributed by atoms with E-state index in [2.05, 4.69) is 4.98 Å². The summed E-state index contributed by atoms with van der Waals surface area (Å²) in [5, 5.41) is 0. The van der Waals surface area contributed by atoms with Crippen LogP contribution < -0.4 is 0 Å². The van der Waals surface area contributed by atoms with Crippen LogP contribution in [0.3, 0.4) is 0 Å². The number of ketones is 1. The molecule has 0 N–H and O–H groups in total. The van der Waals surface area contributed by atoms with Crippen molar-refractivity contribution in [3.63, 3.8) is 0 Å². The molecule has 0 saturated carbocycles. The number of carbonyl (C=O) groups is 1. The van der Waals surface area contributed by atoms with Crippen molar-refractivity contribution in [2.75, 3.05) is 0 Å². The van der Waals surface area contributed by atoms with Gasteiger partial charge in [0.2, 0.25) is 0 Å². The number of Topliss-reactive ketones (excluding diaryl/α,β-unsaturated/α-hetero) is 1. The Morgan fingerprint density at radius 2 is 1.94 bits per heavy atom. The lowest BCUT2D eigenvalue weighted by Crippen LogP contribution is -2.02. The van der Waals surface area contributed by atoms with E-state index in [0.717, 1.165) is 0 Å². The number of carbonyl (C=O) groups excluding carboxylic acids is 1. The number of aromatic nitrogens is 1. The first-order chi connectivity index (χ1) is 8.27. The number of rotatable bonds is 4. The Hall–Kier alpha value is -2.03. The topological polar surface area (TPSA) is 30.0 Å². The Bertz CT molecular complexity index is 511. The highest BCUT2D eigenvalue weighted by molar-refractivity contribution is 5.96. The Labute approximate surface area is 99.1 Å². The standard InChI is InChI=1S/C14H12FNO/c15-13-10-16-9-8-11(13)6-7-14(17)12-4-2-1-3-5-12/h1-5,8-10H,6-7H2. The highest BCUT2D eigenvalue weighted by atomic mass is 19.1. The first-order valence-electron chi connectivity index (χ1n) is 5.44. The van der Waals surface area contributed by atoms with Crippen molar-refractivity contribution in [1.82, 2.24) is 4.98 Å². The first kappa shape index (κ1) is 11.5. The maximum atomic E-state index is 13.3. The molecule has 2 nitrogen and oxygen atoms in total. The largest absolute Gasteiger partial charge is 0.294 e. The van der Waals surface area contributed by atoms with Crippen LogP contribution >= 0.6 is 0 Å². The van der Waals surface area contributed by atoms with E-state index in [1.54, 1.807) is 18.2 Å². The summed E-state index contributed by atoms with van der Waals surface area (Å²) in [5.74, 6) is -0.324. The molecule has 86 valence electrons. The van der Waals surface area contributed by atoms with Crippen LogP contribution in [0.25, 0.3) is 0 Å². The molecule has 0 amide bonds. The molecule has 0 bridgehead atoms. The molecule has 1 aromatic heterocycles. The predicted molar refractivity (Wildman–Crippen MR) is 63.3 cm³/mol. The third-order valence-electron chi connectivity index (χ3n) is 2.57. The van der Waals surface area contributed by atoms with Crippen LogP contribution in [0.2, 0.25) is 0 Å². The van der Waals surface area contributed by atoms with Gasteiger partial charge in [-0.1, -0.05) is 30.3 Å². The quantitative estimate of drug-likeness (QED) is 0.754. The van der Waals surface area contributed by atoms with Crippen LogP contribution in [-0.4, -0.2) is 10.8 Å². The van der Waals surface area contributed by atoms with E-state index in [1.807, 2.05) is 18.2 Å². The summed E-state index contributed by atoms with van der Waals surface area (Å²) >= 11 is 0. The van der Waals surface area contributed by atoms with Gasteiger partial charge in [0.05, 0.1) is 6.20 Å². The molecule has 0 unspecified atom stereocenters. The fourth-order valence-electron chi connectivity index (χ4n) is 1.62. The van der Waals surface area contributed by atoms with Gasteiger partial charge in [-0.15, -0.1) is 0 Å². The molecular formula is C14H12FNO. The predicted octanol–water partition coefficient (Wildman–Crippen LogP) is 3.04. The second-order valence-corrected chi connectivity index (χ2v) is 3.76. The van der Waals surface area contributed by atoms with Gasteiger partial charge >= 0.3 is 0 Å². The monoisotopic (exact) mass is 229 g/mol. The van der Waals surface area contributed by atoms with Crippen molar-refractivity contribution in [3.05, 3.63) is 65.7 Å². The number of hydrogen-bond acceptors (Lipinski definition) is 2. The minimum absolute atomic E-state index is 0.0295. The van der Waals surface area contributed by atoms with Gasteiger partial charge < -0.3 is 0 Å². The van der Waals surface area contributed by atoms with E-state index in [4.69, 9.17) is 0 Å². The number of benzene rings is 1. The minimum atomic E-state index is -0.353. The van der Waals surface area contributed by atoms with E-state index >= 15 is 0 Å². The Kier molecular flexibility index (Phi) is 3.60. The van der Waals surface area contributed by atoms with Crippen molar-refractivity contribution >= 4 is 5.78 Å². The molecule has 0 saturated heterocycles. The summed E-state index contributed by atoms with van der Waals surface area (Å²) in [4.78, 5) is 15.5. The van der Waals surface area contributed by atoms with E-state index in [0.29, 0.717) is 24.0 Å². The molecular weight excluding hydrogens is 217 g/mol. The number of nitrogens with zero attached hydrogens (tertiary/aromatic N) is 1. The van der Waals surface area contributed by atoms with Crippen LogP contribution in [0.1, 0.15) is 22.3 Å². The summed E-state index contributed by atoms with van der Waals surface area (Å²) in [7, 11) is 0. The molecule has 1 heterocycles. The van der Waals surface area contributed by atoms with Gasteiger partial charge in [0, 0.05) is 18.2 Å². The number of aryl methyl sites for hydroxylation is 1. The second kappa shape index (κ2) is 5.34. The molecule has 1 aromatic carbocycles. The van der Waals surface area contributed by atoms with Crippen molar-refractivity contribution in [1.29, 1.82) is 0 Å². The Morgan fingerprint density at radius 3 is 2.65 bits per heavy atom. The Morgan fingerprint density at radius 1 is 1.18 bits per heavy atom. The van der Waals surface area contributed by atoms with Gasteiger partial charge in [0.1, 0.15) is 5.82 Å². The highest BCUT2D eigenvalue weighted by Gasteiger charge is 2.07. The number of pyridine rings is 1. The molecule has 0 aliphatic rings. The highest BCUT2D eigenvalue weighted by Crippen LogP contribution is 2.10. The third kappa shape index (κ3) is 2.97.